The highest BCUT2D eigenvalue weighted by molar-refractivity contribution is 7.90. The van der Waals surface area contributed by atoms with E-state index in [0.717, 1.165) is 31.4 Å². The predicted octanol–water partition coefficient (Wildman–Crippen LogP) is 2.66. The van der Waals surface area contributed by atoms with Crippen LogP contribution in [-0.4, -0.2) is 19.4 Å². The third kappa shape index (κ3) is 3.05. The molecule has 104 valence electrons. The molecule has 0 aromatic heterocycles. The molecule has 2 saturated carbocycles. The van der Waals surface area contributed by atoms with Crippen molar-refractivity contribution < 1.29 is 8.42 Å². The second kappa shape index (κ2) is 5.59. The standard InChI is InChI=1S/C13H24N2O2S/c1-10-8-9-13(10)18(16,17)15-14-11(2)12-6-4-3-5-7-12/h10,12-13,15H,3-9H2,1-2H3/b14-11+/t10?,13-/m1/s1. The van der Waals surface area contributed by atoms with Gasteiger partial charge in [0.1, 0.15) is 0 Å². The highest BCUT2D eigenvalue weighted by Gasteiger charge is 2.37. The SMILES string of the molecule is C/C(=N\NS(=O)(=O)[C@@H]1CCC1C)C1CCCCC1. The van der Waals surface area contributed by atoms with Crippen molar-refractivity contribution in [1.82, 2.24) is 4.83 Å². The van der Waals surface area contributed by atoms with Gasteiger partial charge in [-0.3, -0.25) is 0 Å². The van der Waals surface area contributed by atoms with E-state index in [2.05, 4.69) is 9.93 Å². The van der Waals surface area contributed by atoms with E-state index < -0.39 is 10.0 Å². The Labute approximate surface area is 110 Å². The van der Waals surface area contributed by atoms with Gasteiger partial charge < -0.3 is 0 Å². The first-order chi connectivity index (χ1) is 8.50. The van der Waals surface area contributed by atoms with Gasteiger partial charge in [-0.2, -0.15) is 5.10 Å². The lowest BCUT2D eigenvalue weighted by molar-refractivity contribution is 0.341. The summed E-state index contributed by atoms with van der Waals surface area (Å²) in [5, 5.41) is 3.90. The monoisotopic (exact) mass is 272 g/mol. The molecule has 0 radical (unpaired) electrons. The van der Waals surface area contributed by atoms with Crippen molar-refractivity contribution in [1.29, 1.82) is 0 Å². The molecule has 4 nitrogen and oxygen atoms in total. The van der Waals surface area contributed by atoms with Crippen LogP contribution in [0.1, 0.15) is 58.8 Å². The molecule has 0 aliphatic heterocycles. The quantitative estimate of drug-likeness (QED) is 0.632. The van der Waals surface area contributed by atoms with Crippen LogP contribution < -0.4 is 4.83 Å². The van der Waals surface area contributed by atoms with E-state index in [0.29, 0.717) is 5.92 Å². The maximum Gasteiger partial charge on any atom is 0.250 e. The molecule has 0 bridgehead atoms. The highest BCUT2D eigenvalue weighted by atomic mass is 32.2. The van der Waals surface area contributed by atoms with Gasteiger partial charge in [0.25, 0.3) is 10.0 Å². The van der Waals surface area contributed by atoms with Crippen molar-refractivity contribution >= 4 is 15.7 Å². The number of hydrazone groups is 1. The van der Waals surface area contributed by atoms with Crippen LogP contribution in [0.5, 0.6) is 0 Å². The lowest BCUT2D eigenvalue weighted by atomic mass is 9.86. The minimum Gasteiger partial charge on any atom is -0.205 e. The van der Waals surface area contributed by atoms with Crippen molar-refractivity contribution in [2.24, 2.45) is 16.9 Å². The average molecular weight is 272 g/mol. The van der Waals surface area contributed by atoms with Crippen LogP contribution in [0.15, 0.2) is 5.10 Å². The minimum absolute atomic E-state index is 0.236. The smallest absolute Gasteiger partial charge is 0.205 e. The third-order valence-electron chi connectivity index (χ3n) is 4.49. The summed E-state index contributed by atoms with van der Waals surface area (Å²) < 4.78 is 24.0. The lowest BCUT2D eigenvalue weighted by Crippen LogP contribution is -2.42. The van der Waals surface area contributed by atoms with Gasteiger partial charge >= 0.3 is 0 Å². The van der Waals surface area contributed by atoms with Gasteiger partial charge in [-0.1, -0.05) is 26.2 Å². The molecular weight excluding hydrogens is 248 g/mol. The normalized spacial score (nSPS) is 30.9. The van der Waals surface area contributed by atoms with Crippen molar-refractivity contribution in [2.75, 3.05) is 0 Å². The largest absolute Gasteiger partial charge is 0.250 e. The van der Waals surface area contributed by atoms with Crippen LogP contribution in [0.2, 0.25) is 0 Å². The maximum absolute atomic E-state index is 12.0. The molecule has 2 fully saturated rings. The summed E-state index contributed by atoms with van der Waals surface area (Å²) in [4.78, 5) is 2.45. The molecule has 0 spiro atoms. The fourth-order valence-corrected chi connectivity index (χ4v) is 4.51. The Kier molecular flexibility index (Phi) is 4.30. The van der Waals surface area contributed by atoms with Crippen molar-refractivity contribution in [3.05, 3.63) is 0 Å². The summed E-state index contributed by atoms with van der Waals surface area (Å²) in [7, 11) is -3.24. The Morgan fingerprint density at radius 1 is 1.11 bits per heavy atom. The molecule has 0 saturated heterocycles. The molecule has 0 aromatic carbocycles. The van der Waals surface area contributed by atoms with E-state index in [1.165, 1.54) is 19.3 Å². The van der Waals surface area contributed by atoms with Crippen LogP contribution in [0.4, 0.5) is 0 Å². The topological polar surface area (TPSA) is 58.5 Å². The lowest BCUT2D eigenvalue weighted by Gasteiger charge is -2.32. The Morgan fingerprint density at radius 2 is 1.78 bits per heavy atom. The summed E-state index contributed by atoms with van der Waals surface area (Å²) in [5.74, 6) is 0.743. The van der Waals surface area contributed by atoms with E-state index >= 15 is 0 Å². The zero-order chi connectivity index (χ0) is 13.2. The highest BCUT2D eigenvalue weighted by Crippen LogP contribution is 2.32. The fourth-order valence-electron chi connectivity index (χ4n) is 2.91. The number of hydrogen-bond donors (Lipinski definition) is 1. The molecule has 2 rings (SSSR count). The molecule has 1 N–H and O–H groups in total. The summed E-state index contributed by atoms with van der Waals surface area (Å²) >= 11 is 0. The first-order valence-corrected chi connectivity index (χ1v) is 8.60. The Hall–Kier alpha value is -0.580. The van der Waals surface area contributed by atoms with Gasteiger partial charge in [-0.25, -0.2) is 13.2 Å². The maximum atomic E-state index is 12.0. The van der Waals surface area contributed by atoms with Crippen LogP contribution in [0.25, 0.3) is 0 Å². The number of rotatable bonds is 4. The summed E-state index contributed by atoms with van der Waals surface area (Å²) in [6.07, 6.45) is 7.86. The molecule has 0 heterocycles. The van der Waals surface area contributed by atoms with Crippen LogP contribution in [0, 0.1) is 11.8 Å². The molecule has 2 atom stereocenters. The summed E-state index contributed by atoms with van der Waals surface area (Å²) in [6, 6.07) is 0. The third-order valence-corrected chi connectivity index (χ3v) is 6.33. The zero-order valence-electron chi connectivity index (χ0n) is 11.4. The molecule has 0 aromatic rings. The average Bonchev–Trinajstić information content (AvgIpc) is 2.34. The zero-order valence-corrected chi connectivity index (χ0v) is 12.2. The second-order valence-corrected chi connectivity index (χ2v) is 7.70. The van der Waals surface area contributed by atoms with E-state index in [9.17, 15) is 8.42 Å². The van der Waals surface area contributed by atoms with Gasteiger partial charge in [0.15, 0.2) is 0 Å². The number of hydrogen-bond acceptors (Lipinski definition) is 3. The predicted molar refractivity (Wildman–Crippen MR) is 73.9 cm³/mol. The van der Waals surface area contributed by atoms with Crippen LogP contribution in [0.3, 0.4) is 0 Å². The summed E-state index contributed by atoms with van der Waals surface area (Å²) in [6.45, 7) is 3.94. The number of nitrogens with one attached hydrogen (secondary N) is 1. The van der Waals surface area contributed by atoms with E-state index in [1.54, 1.807) is 0 Å². The molecule has 2 aliphatic carbocycles. The Bertz CT molecular complexity index is 411. The molecule has 0 amide bonds. The van der Waals surface area contributed by atoms with Crippen molar-refractivity contribution in [2.45, 2.75) is 64.0 Å². The fraction of sp³-hybridized carbons (Fsp3) is 0.923. The number of nitrogens with zero attached hydrogens (tertiary/aromatic N) is 1. The van der Waals surface area contributed by atoms with Gasteiger partial charge in [0.2, 0.25) is 0 Å². The van der Waals surface area contributed by atoms with Gasteiger partial charge in [0.05, 0.1) is 5.25 Å². The first kappa shape index (κ1) is 13.8. The van der Waals surface area contributed by atoms with Gasteiger partial charge in [0, 0.05) is 5.71 Å². The molecule has 1 unspecified atom stereocenters. The van der Waals surface area contributed by atoms with Crippen LogP contribution >= 0.6 is 0 Å². The van der Waals surface area contributed by atoms with Crippen LogP contribution in [-0.2, 0) is 10.0 Å². The Morgan fingerprint density at radius 3 is 2.28 bits per heavy atom. The molecule has 5 heteroatoms. The van der Waals surface area contributed by atoms with Crippen molar-refractivity contribution in [3.8, 4) is 0 Å². The Balaban J connectivity index is 1.92. The minimum atomic E-state index is -3.24. The molecule has 18 heavy (non-hydrogen) atoms. The van der Waals surface area contributed by atoms with Crippen molar-refractivity contribution in [3.63, 3.8) is 0 Å². The van der Waals surface area contributed by atoms with Gasteiger partial charge in [-0.05, 0) is 44.4 Å². The first-order valence-electron chi connectivity index (χ1n) is 7.05. The second-order valence-electron chi connectivity index (χ2n) is 5.82. The number of sulfonamides is 1. The van der Waals surface area contributed by atoms with E-state index in [1.807, 2.05) is 13.8 Å². The molecule has 2 aliphatic rings. The van der Waals surface area contributed by atoms with E-state index in [-0.39, 0.29) is 11.2 Å². The van der Waals surface area contributed by atoms with E-state index in [4.69, 9.17) is 0 Å². The summed E-state index contributed by atoms with van der Waals surface area (Å²) in [5.41, 5.74) is 0.949. The van der Waals surface area contributed by atoms with Gasteiger partial charge in [-0.15, -0.1) is 0 Å². The molecular formula is C13H24N2O2S.